The quantitative estimate of drug-likeness (QED) is 0.469. The van der Waals surface area contributed by atoms with Crippen LogP contribution in [0.3, 0.4) is 0 Å². The molecular weight excluding hydrogens is 350 g/mol. The Morgan fingerprint density at radius 2 is 1.86 bits per heavy atom. The van der Waals surface area contributed by atoms with Gasteiger partial charge in [0.15, 0.2) is 0 Å². The maximum atomic E-state index is 12.2. The van der Waals surface area contributed by atoms with Crippen LogP contribution < -0.4 is 10.6 Å². The summed E-state index contributed by atoms with van der Waals surface area (Å²) >= 11 is 0. The highest BCUT2D eigenvalue weighted by molar-refractivity contribution is 5.97. The summed E-state index contributed by atoms with van der Waals surface area (Å²) in [5.41, 5.74) is 5.63. The first kappa shape index (κ1) is 17.6. The number of fused-ring (bicyclic) bond motifs is 1. The van der Waals surface area contributed by atoms with Crippen molar-refractivity contribution in [2.75, 3.05) is 24.7 Å². The molecule has 0 fully saturated rings. The van der Waals surface area contributed by atoms with Gasteiger partial charge in [-0.25, -0.2) is 4.79 Å². The Morgan fingerprint density at radius 1 is 1.00 bits per heavy atom. The van der Waals surface area contributed by atoms with Gasteiger partial charge in [-0.3, -0.25) is 4.98 Å². The van der Waals surface area contributed by atoms with E-state index in [1.54, 1.807) is 26.5 Å². The average molecular weight is 371 g/mol. The van der Waals surface area contributed by atoms with E-state index in [1.807, 2.05) is 42.6 Å². The summed E-state index contributed by atoms with van der Waals surface area (Å²) in [5, 5.41) is 7.44. The largest absolute Gasteiger partial charge is 0.361 e. The van der Waals surface area contributed by atoms with Crippen molar-refractivity contribution in [3.63, 3.8) is 0 Å². The van der Waals surface area contributed by atoms with Crippen LogP contribution in [0.2, 0.25) is 0 Å². The molecule has 3 N–H and O–H groups in total. The second-order valence-corrected chi connectivity index (χ2v) is 6.73. The molecule has 28 heavy (non-hydrogen) atoms. The summed E-state index contributed by atoms with van der Waals surface area (Å²) in [6, 6.07) is 17.8. The van der Waals surface area contributed by atoms with Crippen LogP contribution in [0.25, 0.3) is 22.0 Å². The standard InChI is InChI=1S/C22H21N5O/c1-27(2)22(28)26-18-12-15(19-6-3-7-21-20(19)8-10-24-21)11-17(13-18)25-16-5-4-9-23-14-16/h3-14,24-25H,1-2H3,(H,26,28). The van der Waals surface area contributed by atoms with Gasteiger partial charge in [-0.05, 0) is 53.6 Å². The summed E-state index contributed by atoms with van der Waals surface area (Å²) in [7, 11) is 3.43. The van der Waals surface area contributed by atoms with Crippen LogP contribution in [-0.2, 0) is 0 Å². The first-order valence-electron chi connectivity index (χ1n) is 8.97. The number of nitrogens with zero attached hydrogens (tertiary/aromatic N) is 2. The van der Waals surface area contributed by atoms with Crippen molar-refractivity contribution >= 4 is 34.0 Å². The number of aromatic amines is 1. The molecule has 0 radical (unpaired) electrons. The van der Waals surface area contributed by atoms with Gasteiger partial charge >= 0.3 is 6.03 Å². The van der Waals surface area contributed by atoms with Crippen LogP contribution in [-0.4, -0.2) is 35.0 Å². The van der Waals surface area contributed by atoms with Crippen molar-refractivity contribution in [1.82, 2.24) is 14.9 Å². The van der Waals surface area contributed by atoms with E-state index in [0.717, 1.165) is 39.1 Å². The maximum Gasteiger partial charge on any atom is 0.321 e. The SMILES string of the molecule is CN(C)C(=O)Nc1cc(Nc2cccnc2)cc(-c2cccc3[nH]ccc23)c1. The Hall–Kier alpha value is -3.80. The van der Waals surface area contributed by atoms with Crippen LogP contribution in [0.4, 0.5) is 21.9 Å². The lowest BCUT2D eigenvalue weighted by Gasteiger charge is -2.16. The number of carbonyl (C=O) groups excluding carboxylic acids is 1. The molecule has 0 saturated heterocycles. The van der Waals surface area contributed by atoms with Gasteiger partial charge in [-0.1, -0.05) is 12.1 Å². The average Bonchev–Trinajstić information content (AvgIpc) is 3.17. The molecule has 4 rings (SSSR count). The van der Waals surface area contributed by atoms with E-state index in [2.05, 4.69) is 38.8 Å². The first-order valence-corrected chi connectivity index (χ1v) is 8.97. The third-order valence-corrected chi connectivity index (χ3v) is 4.45. The normalized spacial score (nSPS) is 10.6. The van der Waals surface area contributed by atoms with Gasteiger partial charge in [0.25, 0.3) is 0 Å². The Balaban J connectivity index is 1.79. The van der Waals surface area contributed by atoms with E-state index >= 15 is 0 Å². The number of amides is 2. The van der Waals surface area contributed by atoms with E-state index in [9.17, 15) is 4.79 Å². The molecule has 0 unspecified atom stereocenters. The van der Waals surface area contributed by atoms with E-state index in [4.69, 9.17) is 0 Å². The lowest BCUT2D eigenvalue weighted by Crippen LogP contribution is -2.27. The molecule has 6 nitrogen and oxygen atoms in total. The smallest absolute Gasteiger partial charge is 0.321 e. The minimum Gasteiger partial charge on any atom is -0.361 e. The zero-order valence-corrected chi connectivity index (χ0v) is 15.7. The predicted molar refractivity (Wildman–Crippen MR) is 114 cm³/mol. The van der Waals surface area contributed by atoms with E-state index in [-0.39, 0.29) is 6.03 Å². The Kier molecular flexibility index (Phi) is 4.68. The van der Waals surface area contributed by atoms with Crippen molar-refractivity contribution in [2.24, 2.45) is 0 Å². The summed E-state index contributed by atoms with van der Waals surface area (Å²) in [4.78, 5) is 21.1. The molecule has 2 aromatic carbocycles. The minimum atomic E-state index is -0.177. The van der Waals surface area contributed by atoms with E-state index in [0.29, 0.717) is 0 Å². The van der Waals surface area contributed by atoms with Crippen LogP contribution in [0, 0.1) is 0 Å². The second-order valence-electron chi connectivity index (χ2n) is 6.73. The molecular formula is C22H21N5O. The van der Waals surface area contributed by atoms with Gasteiger partial charge in [-0.15, -0.1) is 0 Å². The highest BCUT2D eigenvalue weighted by Gasteiger charge is 2.10. The fraction of sp³-hybridized carbons (Fsp3) is 0.0909. The lowest BCUT2D eigenvalue weighted by atomic mass is 10.0. The van der Waals surface area contributed by atoms with Gasteiger partial charge in [0.1, 0.15) is 0 Å². The number of aromatic nitrogens is 2. The maximum absolute atomic E-state index is 12.2. The van der Waals surface area contributed by atoms with Gasteiger partial charge < -0.3 is 20.5 Å². The van der Waals surface area contributed by atoms with Crippen LogP contribution in [0.15, 0.2) is 73.2 Å². The zero-order chi connectivity index (χ0) is 19.5. The molecule has 0 aliphatic heterocycles. The third-order valence-electron chi connectivity index (χ3n) is 4.45. The highest BCUT2D eigenvalue weighted by Crippen LogP contribution is 2.33. The second kappa shape index (κ2) is 7.44. The van der Waals surface area contributed by atoms with E-state index in [1.165, 1.54) is 4.90 Å². The number of urea groups is 1. The molecule has 140 valence electrons. The number of H-pyrrole nitrogens is 1. The molecule has 0 aliphatic rings. The molecule has 2 amide bonds. The summed E-state index contributed by atoms with van der Waals surface area (Å²) in [6.45, 7) is 0. The topological polar surface area (TPSA) is 73.1 Å². The minimum absolute atomic E-state index is 0.177. The number of anilines is 3. The molecule has 6 heteroatoms. The van der Waals surface area contributed by atoms with Gasteiger partial charge in [0.05, 0.1) is 11.9 Å². The molecule has 0 atom stereocenters. The number of pyridine rings is 1. The predicted octanol–water partition coefficient (Wildman–Crippen LogP) is 5.07. The first-order chi connectivity index (χ1) is 13.6. The molecule has 0 saturated carbocycles. The molecule has 0 spiro atoms. The summed E-state index contributed by atoms with van der Waals surface area (Å²) in [6.07, 6.45) is 5.43. The fourth-order valence-electron chi connectivity index (χ4n) is 3.10. The Labute approximate surface area is 163 Å². The molecule has 0 bridgehead atoms. The number of benzene rings is 2. The van der Waals surface area contributed by atoms with E-state index < -0.39 is 0 Å². The summed E-state index contributed by atoms with van der Waals surface area (Å²) in [5.74, 6) is 0. The monoisotopic (exact) mass is 371 g/mol. The highest BCUT2D eigenvalue weighted by atomic mass is 16.2. The van der Waals surface area contributed by atoms with Crippen molar-refractivity contribution in [3.8, 4) is 11.1 Å². The number of nitrogens with one attached hydrogen (secondary N) is 3. The fourth-order valence-corrected chi connectivity index (χ4v) is 3.10. The van der Waals surface area contributed by atoms with Gasteiger partial charge in [0.2, 0.25) is 0 Å². The number of carbonyl (C=O) groups is 1. The van der Waals surface area contributed by atoms with Crippen LogP contribution in [0.5, 0.6) is 0 Å². The molecule has 0 aliphatic carbocycles. The number of hydrogen-bond donors (Lipinski definition) is 3. The van der Waals surface area contributed by atoms with Gasteiger partial charge in [0, 0.05) is 48.8 Å². The Bertz CT molecular complexity index is 1120. The molecule has 2 aromatic heterocycles. The Morgan fingerprint density at radius 3 is 2.64 bits per heavy atom. The van der Waals surface area contributed by atoms with Crippen LogP contribution >= 0.6 is 0 Å². The lowest BCUT2D eigenvalue weighted by molar-refractivity contribution is 0.230. The number of hydrogen-bond acceptors (Lipinski definition) is 3. The van der Waals surface area contributed by atoms with Crippen molar-refractivity contribution in [2.45, 2.75) is 0 Å². The molecule has 2 heterocycles. The van der Waals surface area contributed by atoms with Crippen LogP contribution in [0.1, 0.15) is 0 Å². The zero-order valence-electron chi connectivity index (χ0n) is 15.7. The van der Waals surface area contributed by atoms with Crippen molar-refractivity contribution in [1.29, 1.82) is 0 Å². The summed E-state index contributed by atoms with van der Waals surface area (Å²) < 4.78 is 0. The molecule has 4 aromatic rings. The van der Waals surface area contributed by atoms with Gasteiger partial charge in [-0.2, -0.15) is 0 Å². The third kappa shape index (κ3) is 3.66. The van der Waals surface area contributed by atoms with Crippen molar-refractivity contribution < 1.29 is 4.79 Å². The van der Waals surface area contributed by atoms with Crippen molar-refractivity contribution in [3.05, 3.63) is 73.2 Å². The number of rotatable bonds is 4.